The number of carboxylic acid groups (broad SMARTS) is 1. The van der Waals surface area contributed by atoms with Gasteiger partial charge in [0.15, 0.2) is 0 Å². The Balaban J connectivity index is 1.79. The molecule has 1 saturated heterocycles. The van der Waals surface area contributed by atoms with Gasteiger partial charge in [-0.1, -0.05) is 12.1 Å². The van der Waals surface area contributed by atoms with E-state index in [-0.39, 0.29) is 6.42 Å². The topological polar surface area (TPSA) is 55.8 Å². The zero-order valence-electron chi connectivity index (χ0n) is 12.7. The minimum atomic E-state index is -0.736. The van der Waals surface area contributed by atoms with Crippen molar-refractivity contribution in [1.29, 1.82) is 0 Å². The highest BCUT2D eigenvalue weighted by molar-refractivity contribution is 5.66. The third-order valence-electron chi connectivity index (χ3n) is 3.83. The summed E-state index contributed by atoms with van der Waals surface area (Å²) in [6.45, 7) is 6.18. The fourth-order valence-corrected chi connectivity index (χ4v) is 2.52. The van der Waals surface area contributed by atoms with Gasteiger partial charge in [0.25, 0.3) is 0 Å². The SMILES string of the molecule is CN1CCN(Cc2cccc(NCCCC(=O)O)c2)CC1. The van der Waals surface area contributed by atoms with Gasteiger partial charge < -0.3 is 15.3 Å². The van der Waals surface area contributed by atoms with Crippen LogP contribution >= 0.6 is 0 Å². The molecule has 0 radical (unpaired) electrons. The molecule has 0 aliphatic carbocycles. The monoisotopic (exact) mass is 291 g/mol. The average Bonchev–Trinajstić information content (AvgIpc) is 2.46. The van der Waals surface area contributed by atoms with Crippen LogP contribution in [0, 0.1) is 0 Å². The van der Waals surface area contributed by atoms with Crippen LogP contribution in [0.2, 0.25) is 0 Å². The highest BCUT2D eigenvalue weighted by Crippen LogP contribution is 2.14. The summed E-state index contributed by atoms with van der Waals surface area (Å²) in [6, 6.07) is 8.42. The number of aliphatic carboxylic acids is 1. The van der Waals surface area contributed by atoms with E-state index in [4.69, 9.17) is 5.11 Å². The van der Waals surface area contributed by atoms with Crippen molar-refractivity contribution < 1.29 is 9.90 Å². The van der Waals surface area contributed by atoms with Crippen molar-refractivity contribution in [1.82, 2.24) is 9.80 Å². The molecule has 0 unspecified atom stereocenters. The minimum absolute atomic E-state index is 0.216. The number of likely N-dealkylation sites (N-methyl/N-ethyl adjacent to an activating group) is 1. The smallest absolute Gasteiger partial charge is 0.303 e. The molecule has 1 aliphatic rings. The molecule has 5 nitrogen and oxygen atoms in total. The van der Waals surface area contributed by atoms with Crippen molar-refractivity contribution in [3.63, 3.8) is 0 Å². The van der Waals surface area contributed by atoms with Crippen LogP contribution in [0.1, 0.15) is 18.4 Å². The van der Waals surface area contributed by atoms with E-state index in [0.29, 0.717) is 13.0 Å². The standard InChI is InChI=1S/C16H25N3O2/c1-18-8-10-19(11-9-18)13-14-4-2-5-15(12-14)17-7-3-6-16(20)21/h2,4-5,12,17H,3,6-11,13H2,1H3,(H,20,21). The molecule has 0 bridgehead atoms. The van der Waals surface area contributed by atoms with Gasteiger partial charge in [0.1, 0.15) is 0 Å². The maximum atomic E-state index is 10.5. The minimum Gasteiger partial charge on any atom is -0.481 e. The molecule has 1 aliphatic heterocycles. The van der Waals surface area contributed by atoms with Crippen LogP contribution in [-0.4, -0.2) is 60.6 Å². The van der Waals surface area contributed by atoms with E-state index in [9.17, 15) is 4.79 Å². The van der Waals surface area contributed by atoms with Gasteiger partial charge in [0.2, 0.25) is 0 Å². The molecule has 2 rings (SSSR count). The second-order valence-corrected chi connectivity index (χ2v) is 5.70. The van der Waals surface area contributed by atoms with E-state index in [1.54, 1.807) is 0 Å². The third kappa shape index (κ3) is 5.73. The van der Waals surface area contributed by atoms with Gasteiger partial charge >= 0.3 is 5.97 Å². The fraction of sp³-hybridized carbons (Fsp3) is 0.562. The van der Waals surface area contributed by atoms with Crippen LogP contribution in [0.3, 0.4) is 0 Å². The van der Waals surface area contributed by atoms with Crippen molar-refractivity contribution in [2.75, 3.05) is 45.1 Å². The van der Waals surface area contributed by atoms with Crippen LogP contribution < -0.4 is 5.32 Å². The fourth-order valence-electron chi connectivity index (χ4n) is 2.52. The van der Waals surface area contributed by atoms with Crippen molar-refractivity contribution in [2.24, 2.45) is 0 Å². The highest BCUT2D eigenvalue weighted by atomic mass is 16.4. The lowest BCUT2D eigenvalue weighted by atomic mass is 10.1. The Morgan fingerprint density at radius 1 is 1.29 bits per heavy atom. The number of hydrogen-bond acceptors (Lipinski definition) is 4. The first-order valence-electron chi connectivity index (χ1n) is 7.59. The molecule has 1 aromatic rings. The summed E-state index contributed by atoms with van der Waals surface area (Å²) < 4.78 is 0. The highest BCUT2D eigenvalue weighted by Gasteiger charge is 2.13. The predicted octanol–water partition coefficient (Wildman–Crippen LogP) is 1.71. The van der Waals surface area contributed by atoms with Crippen LogP contribution in [0.4, 0.5) is 5.69 Å². The van der Waals surface area contributed by atoms with Gasteiger partial charge in [0, 0.05) is 51.4 Å². The Hall–Kier alpha value is -1.59. The van der Waals surface area contributed by atoms with E-state index >= 15 is 0 Å². The van der Waals surface area contributed by atoms with Gasteiger partial charge in [0.05, 0.1) is 0 Å². The van der Waals surface area contributed by atoms with Crippen molar-refractivity contribution >= 4 is 11.7 Å². The molecule has 0 atom stereocenters. The first-order valence-corrected chi connectivity index (χ1v) is 7.59. The van der Waals surface area contributed by atoms with Gasteiger partial charge in [-0.25, -0.2) is 0 Å². The van der Waals surface area contributed by atoms with Crippen molar-refractivity contribution in [2.45, 2.75) is 19.4 Å². The van der Waals surface area contributed by atoms with E-state index < -0.39 is 5.97 Å². The summed E-state index contributed by atoms with van der Waals surface area (Å²) in [7, 11) is 2.17. The summed E-state index contributed by atoms with van der Waals surface area (Å²) in [4.78, 5) is 15.3. The van der Waals surface area contributed by atoms with E-state index in [1.165, 1.54) is 5.56 Å². The lowest BCUT2D eigenvalue weighted by Crippen LogP contribution is -2.43. The lowest BCUT2D eigenvalue weighted by Gasteiger charge is -2.32. The maximum Gasteiger partial charge on any atom is 0.303 e. The second kappa shape index (κ2) is 8.00. The van der Waals surface area contributed by atoms with Crippen LogP contribution in [-0.2, 0) is 11.3 Å². The number of piperazine rings is 1. The van der Waals surface area contributed by atoms with Gasteiger partial charge in [-0.2, -0.15) is 0 Å². The Kier molecular flexibility index (Phi) is 6.02. The lowest BCUT2D eigenvalue weighted by molar-refractivity contribution is -0.137. The first kappa shape index (κ1) is 15.8. The van der Waals surface area contributed by atoms with Gasteiger partial charge in [-0.05, 0) is 31.2 Å². The molecule has 0 amide bonds. The largest absolute Gasteiger partial charge is 0.481 e. The number of nitrogens with zero attached hydrogens (tertiary/aromatic N) is 2. The average molecular weight is 291 g/mol. The zero-order chi connectivity index (χ0) is 15.1. The molecule has 5 heteroatoms. The van der Waals surface area contributed by atoms with E-state index in [1.807, 2.05) is 6.07 Å². The van der Waals surface area contributed by atoms with Gasteiger partial charge in [-0.15, -0.1) is 0 Å². The number of anilines is 1. The molecule has 21 heavy (non-hydrogen) atoms. The summed E-state index contributed by atoms with van der Waals surface area (Å²) in [5.41, 5.74) is 2.38. The van der Waals surface area contributed by atoms with Crippen LogP contribution in [0.25, 0.3) is 0 Å². The third-order valence-corrected chi connectivity index (χ3v) is 3.83. The Morgan fingerprint density at radius 3 is 2.76 bits per heavy atom. The molecule has 2 N–H and O–H groups in total. The van der Waals surface area contributed by atoms with Gasteiger partial charge in [-0.3, -0.25) is 9.69 Å². The van der Waals surface area contributed by atoms with E-state index in [0.717, 1.165) is 38.4 Å². The molecule has 1 aromatic carbocycles. The van der Waals surface area contributed by atoms with E-state index in [2.05, 4.69) is 40.4 Å². The van der Waals surface area contributed by atoms with Crippen molar-refractivity contribution in [3.8, 4) is 0 Å². The molecular weight excluding hydrogens is 266 g/mol. The second-order valence-electron chi connectivity index (χ2n) is 5.70. The number of rotatable bonds is 7. The predicted molar refractivity (Wildman–Crippen MR) is 84.6 cm³/mol. The first-order chi connectivity index (χ1) is 10.1. The van der Waals surface area contributed by atoms with Crippen LogP contribution in [0.15, 0.2) is 24.3 Å². The zero-order valence-corrected chi connectivity index (χ0v) is 12.7. The normalized spacial score (nSPS) is 16.8. The van der Waals surface area contributed by atoms with Crippen molar-refractivity contribution in [3.05, 3.63) is 29.8 Å². The number of carboxylic acids is 1. The molecule has 0 saturated carbocycles. The Bertz CT molecular complexity index is 457. The summed E-state index contributed by atoms with van der Waals surface area (Å²) in [5.74, 6) is -0.736. The molecule has 0 spiro atoms. The quantitative estimate of drug-likeness (QED) is 0.749. The maximum absolute atomic E-state index is 10.5. The Labute approximate surface area is 126 Å². The summed E-state index contributed by atoms with van der Waals surface area (Å²) in [5, 5.41) is 11.9. The number of benzene rings is 1. The number of nitrogens with one attached hydrogen (secondary N) is 1. The number of hydrogen-bond donors (Lipinski definition) is 2. The Morgan fingerprint density at radius 2 is 2.05 bits per heavy atom. The van der Waals surface area contributed by atoms with Crippen LogP contribution in [0.5, 0.6) is 0 Å². The summed E-state index contributed by atoms with van der Waals surface area (Å²) >= 11 is 0. The molecular formula is C16H25N3O2. The molecule has 0 aromatic heterocycles. The molecule has 116 valence electrons. The molecule has 1 fully saturated rings. The number of carbonyl (C=O) groups is 1. The summed E-state index contributed by atoms with van der Waals surface area (Å²) in [6.07, 6.45) is 0.867. The molecule has 1 heterocycles.